The molecular formula is C22H23N3OS2. The topological polar surface area (TPSA) is 47.0 Å². The molecule has 0 saturated carbocycles. The van der Waals surface area contributed by atoms with E-state index in [1.807, 2.05) is 35.8 Å². The zero-order valence-corrected chi connectivity index (χ0v) is 17.9. The van der Waals surface area contributed by atoms with Gasteiger partial charge in [0.15, 0.2) is 0 Å². The fourth-order valence-corrected chi connectivity index (χ4v) is 5.31. The Morgan fingerprint density at radius 2 is 2.04 bits per heavy atom. The van der Waals surface area contributed by atoms with Crippen molar-refractivity contribution in [3.8, 4) is 16.3 Å². The molecule has 4 aromatic rings. The molecule has 0 unspecified atom stereocenters. The lowest BCUT2D eigenvalue weighted by molar-refractivity contribution is 0.342. The summed E-state index contributed by atoms with van der Waals surface area (Å²) in [6, 6.07) is 10.6. The van der Waals surface area contributed by atoms with Crippen molar-refractivity contribution in [1.29, 1.82) is 0 Å². The van der Waals surface area contributed by atoms with E-state index in [-0.39, 0.29) is 0 Å². The lowest BCUT2D eigenvalue weighted by Gasteiger charge is -2.07. The Kier molecular flexibility index (Phi) is 5.59. The first-order valence-electron chi connectivity index (χ1n) is 9.41. The van der Waals surface area contributed by atoms with Crippen molar-refractivity contribution < 1.29 is 4.74 Å². The number of benzene rings is 1. The summed E-state index contributed by atoms with van der Waals surface area (Å²) in [5.41, 5.74) is 3.71. The first-order chi connectivity index (χ1) is 13.7. The Hall–Kier alpha value is -2.44. The molecule has 0 aliphatic carbocycles. The van der Waals surface area contributed by atoms with Gasteiger partial charge in [-0.3, -0.25) is 0 Å². The number of fused-ring (bicyclic) bond motifs is 1. The van der Waals surface area contributed by atoms with Crippen LogP contribution in [0.1, 0.15) is 22.9 Å². The summed E-state index contributed by atoms with van der Waals surface area (Å²) in [5.74, 6) is 1.75. The largest absolute Gasteiger partial charge is 0.493 e. The van der Waals surface area contributed by atoms with E-state index in [1.54, 1.807) is 17.7 Å². The number of hydrogen-bond acceptors (Lipinski definition) is 6. The number of anilines is 1. The van der Waals surface area contributed by atoms with Crippen molar-refractivity contribution in [2.45, 2.75) is 27.2 Å². The minimum atomic E-state index is 0.670. The van der Waals surface area contributed by atoms with Crippen LogP contribution in [0, 0.1) is 13.8 Å². The smallest absolute Gasteiger partial charge is 0.130 e. The third kappa shape index (κ3) is 3.88. The van der Waals surface area contributed by atoms with Crippen LogP contribution in [-0.4, -0.2) is 23.1 Å². The number of nitrogens with zero attached hydrogens (tertiary/aromatic N) is 2. The van der Waals surface area contributed by atoms with Crippen LogP contribution in [0.3, 0.4) is 0 Å². The molecule has 3 heterocycles. The summed E-state index contributed by atoms with van der Waals surface area (Å²) in [7, 11) is 0. The van der Waals surface area contributed by atoms with Crippen LogP contribution in [0.4, 0.5) is 5.82 Å². The average Bonchev–Trinajstić information content (AvgIpc) is 3.28. The van der Waals surface area contributed by atoms with Crippen molar-refractivity contribution in [3.63, 3.8) is 0 Å². The molecule has 0 atom stereocenters. The van der Waals surface area contributed by atoms with E-state index in [4.69, 9.17) is 4.74 Å². The highest BCUT2D eigenvalue weighted by Gasteiger charge is 2.11. The second kappa shape index (κ2) is 8.29. The Morgan fingerprint density at radius 3 is 2.89 bits per heavy atom. The minimum Gasteiger partial charge on any atom is -0.493 e. The lowest BCUT2D eigenvalue weighted by Crippen LogP contribution is -2.07. The summed E-state index contributed by atoms with van der Waals surface area (Å²) in [5, 5.41) is 6.86. The molecule has 4 nitrogen and oxygen atoms in total. The van der Waals surface area contributed by atoms with E-state index in [9.17, 15) is 0 Å². The van der Waals surface area contributed by atoms with Gasteiger partial charge in [-0.2, -0.15) is 0 Å². The molecule has 0 aliphatic heterocycles. The first kappa shape index (κ1) is 18.9. The van der Waals surface area contributed by atoms with E-state index < -0.39 is 0 Å². The normalized spacial score (nSPS) is 11.1. The second-order valence-corrected chi connectivity index (χ2v) is 8.77. The second-order valence-electron chi connectivity index (χ2n) is 6.63. The molecule has 3 aromatic heterocycles. The molecule has 4 rings (SSSR count). The number of rotatable bonds is 7. The van der Waals surface area contributed by atoms with Gasteiger partial charge in [-0.25, -0.2) is 9.97 Å². The van der Waals surface area contributed by atoms with Crippen LogP contribution < -0.4 is 10.1 Å². The summed E-state index contributed by atoms with van der Waals surface area (Å²) in [6.45, 7) is 7.90. The Morgan fingerprint density at radius 1 is 1.14 bits per heavy atom. The molecule has 28 heavy (non-hydrogen) atoms. The molecule has 0 saturated heterocycles. The van der Waals surface area contributed by atoms with Gasteiger partial charge < -0.3 is 10.1 Å². The van der Waals surface area contributed by atoms with Crippen molar-refractivity contribution in [2.24, 2.45) is 0 Å². The Balaban J connectivity index is 1.46. The van der Waals surface area contributed by atoms with Gasteiger partial charge in [-0.15, -0.1) is 22.7 Å². The third-order valence-corrected chi connectivity index (χ3v) is 6.93. The van der Waals surface area contributed by atoms with Crippen LogP contribution in [-0.2, 0) is 6.42 Å². The molecule has 6 heteroatoms. The molecular weight excluding hydrogens is 386 g/mol. The van der Waals surface area contributed by atoms with Gasteiger partial charge in [-0.1, -0.05) is 18.2 Å². The summed E-state index contributed by atoms with van der Waals surface area (Å²) in [4.78, 5) is 11.3. The molecule has 0 radical (unpaired) electrons. The Bertz CT molecular complexity index is 1100. The highest BCUT2D eigenvalue weighted by atomic mass is 32.1. The van der Waals surface area contributed by atoms with Crippen molar-refractivity contribution in [1.82, 2.24) is 9.97 Å². The summed E-state index contributed by atoms with van der Waals surface area (Å²) >= 11 is 3.53. The van der Waals surface area contributed by atoms with E-state index in [0.29, 0.717) is 6.61 Å². The first-order valence-corrected chi connectivity index (χ1v) is 11.1. The van der Waals surface area contributed by atoms with Crippen molar-refractivity contribution in [3.05, 3.63) is 58.0 Å². The van der Waals surface area contributed by atoms with Gasteiger partial charge in [-0.05, 0) is 43.7 Å². The van der Waals surface area contributed by atoms with Crippen LogP contribution in [0.2, 0.25) is 0 Å². The summed E-state index contributed by atoms with van der Waals surface area (Å²) in [6.07, 6.45) is 2.59. The molecule has 0 amide bonds. The molecule has 1 aromatic carbocycles. The van der Waals surface area contributed by atoms with E-state index in [2.05, 4.69) is 47.3 Å². The van der Waals surface area contributed by atoms with Gasteiger partial charge in [0, 0.05) is 33.6 Å². The van der Waals surface area contributed by atoms with Crippen LogP contribution in [0.25, 0.3) is 20.7 Å². The third-order valence-electron chi connectivity index (χ3n) is 4.70. The maximum Gasteiger partial charge on any atom is 0.130 e. The molecule has 0 aliphatic rings. The Labute approximate surface area is 173 Å². The molecule has 144 valence electrons. The fourth-order valence-electron chi connectivity index (χ4n) is 3.34. The monoisotopic (exact) mass is 409 g/mol. The lowest BCUT2D eigenvalue weighted by atomic mass is 10.1. The number of aryl methyl sites for hydroxylation is 2. The van der Waals surface area contributed by atoms with Crippen LogP contribution in [0.15, 0.2) is 42.0 Å². The number of hydrogen-bond donors (Lipinski definition) is 1. The van der Waals surface area contributed by atoms with E-state index in [0.717, 1.165) is 35.1 Å². The molecule has 0 bridgehead atoms. The predicted molar refractivity (Wildman–Crippen MR) is 120 cm³/mol. The van der Waals surface area contributed by atoms with Gasteiger partial charge in [0.25, 0.3) is 0 Å². The molecule has 0 fully saturated rings. The molecule has 0 spiro atoms. The minimum absolute atomic E-state index is 0.670. The SMILES string of the molecule is CCOc1csc(-c2cc(NCCc3c(C)sc4c(C)cccc34)ncn2)c1. The molecule has 1 N–H and O–H groups in total. The zero-order valence-electron chi connectivity index (χ0n) is 16.3. The maximum absolute atomic E-state index is 5.55. The van der Waals surface area contributed by atoms with Crippen LogP contribution in [0.5, 0.6) is 5.75 Å². The van der Waals surface area contributed by atoms with Gasteiger partial charge in [0.1, 0.15) is 17.9 Å². The fraction of sp³-hybridized carbons (Fsp3) is 0.273. The quantitative estimate of drug-likeness (QED) is 0.401. The summed E-state index contributed by atoms with van der Waals surface area (Å²) < 4.78 is 6.96. The number of aromatic nitrogens is 2. The van der Waals surface area contributed by atoms with Crippen molar-refractivity contribution >= 4 is 38.6 Å². The zero-order chi connectivity index (χ0) is 19.5. The number of thiophene rings is 2. The van der Waals surface area contributed by atoms with E-state index >= 15 is 0 Å². The number of ether oxygens (including phenoxy) is 1. The van der Waals surface area contributed by atoms with Crippen molar-refractivity contribution in [2.75, 3.05) is 18.5 Å². The van der Waals surface area contributed by atoms with E-state index in [1.165, 1.54) is 26.1 Å². The maximum atomic E-state index is 5.55. The standard InChI is InChI=1S/C22H23N3OS2/c1-4-26-16-10-20(27-12-16)19-11-21(25-13-24-19)23-9-8-17-15(3)28-22-14(2)6-5-7-18(17)22/h5-7,10-13H,4,8-9H2,1-3H3,(H,23,24,25). The highest BCUT2D eigenvalue weighted by molar-refractivity contribution is 7.19. The van der Waals surface area contributed by atoms with Gasteiger partial charge in [0.05, 0.1) is 17.2 Å². The van der Waals surface area contributed by atoms with Gasteiger partial charge >= 0.3 is 0 Å². The van der Waals surface area contributed by atoms with Gasteiger partial charge in [0.2, 0.25) is 0 Å². The number of nitrogens with one attached hydrogen (secondary N) is 1. The van der Waals surface area contributed by atoms with Crippen LogP contribution >= 0.6 is 22.7 Å². The predicted octanol–water partition coefficient (Wildman–Crippen LogP) is 6.09. The average molecular weight is 410 g/mol. The highest BCUT2D eigenvalue weighted by Crippen LogP contribution is 2.33.